The Labute approximate surface area is 179 Å². The zero-order chi connectivity index (χ0) is 20.4. The average molecular weight is 447 g/mol. The van der Waals surface area contributed by atoms with Crippen LogP contribution in [-0.4, -0.2) is 29.3 Å². The molecule has 146 valence electrons. The highest BCUT2D eigenvalue weighted by molar-refractivity contribution is 9.10. The third-order valence-electron chi connectivity index (χ3n) is 5.44. The molecule has 0 aliphatic rings. The number of rotatable bonds is 6. The van der Waals surface area contributed by atoms with Crippen LogP contribution >= 0.6 is 15.9 Å². The monoisotopic (exact) mass is 446 g/mol. The van der Waals surface area contributed by atoms with E-state index in [-0.39, 0.29) is 11.8 Å². The summed E-state index contributed by atoms with van der Waals surface area (Å²) in [6, 6.07) is 27.0. The smallest absolute Gasteiger partial charge is 0.192 e. The molecule has 1 unspecified atom stereocenters. The van der Waals surface area contributed by atoms with Crippen molar-refractivity contribution in [3.05, 3.63) is 94.6 Å². The maximum Gasteiger partial charge on any atom is 0.192 e. The second-order valence-electron chi connectivity index (χ2n) is 7.42. The molecule has 0 bridgehead atoms. The number of benzene rings is 3. The maximum atomic E-state index is 12.8. The summed E-state index contributed by atoms with van der Waals surface area (Å²) in [5.74, 6) is 0.0904. The van der Waals surface area contributed by atoms with E-state index in [2.05, 4.69) is 69.1 Å². The molecule has 0 saturated heterocycles. The van der Waals surface area contributed by atoms with Gasteiger partial charge in [-0.3, -0.25) is 9.69 Å². The Morgan fingerprint density at radius 1 is 0.966 bits per heavy atom. The third-order valence-corrected chi connectivity index (χ3v) is 5.93. The number of halogens is 1. The fourth-order valence-electron chi connectivity index (χ4n) is 3.54. The van der Waals surface area contributed by atoms with Crippen LogP contribution < -0.4 is 0 Å². The molecule has 0 amide bonds. The SMILES string of the molecule is CC(c1ccc(-c2ccccc2)cc1)N(C)CC(=O)c1cc2cc(Br)ccc2[nH]1. The van der Waals surface area contributed by atoms with Gasteiger partial charge in [0.15, 0.2) is 5.78 Å². The highest BCUT2D eigenvalue weighted by Gasteiger charge is 2.17. The molecule has 0 aliphatic heterocycles. The van der Waals surface area contributed by atoms with Crippen LogP contribution in [0, 0.1) is 0 Å². The average Bonchev–Trinajstić information content (AvgIpc) is 3.17. The third kappa shape index (κ3) is 4.34. The lowest BCUT2D eigenvalue weighted by molar-refractivity contribution is 0.0920. The van der Waals surface area contributed by atoms with Crippen LogP contribution in [0.2, 0.25) is 0 Å². The molecule has 0 radical (unpaired) electrons. The summed E-state index contributed by atoms with van der Waals surface area (Å²) in [5.41, 5.74) is 5.23. The van der Waals surface area contributed by atoms with Crippen molar-refractivity contribution in [3.63, 3.8) is 0 Å². The number of hydrogen-bond acceptors (Lipinski definition) is 2. The first kappa shape index (κ1) is 19.6. The van der Waals surface area contributed by atoms with E-state index in [9.17, 15) is 4.79 Å². The van der Waals surface area contributed by atoms with Crippen LogP contribution in [0.4, 0.5) is 0 Å². The quantitative estimate of drug-likeness (QED) is 0.344. The van der Waals surface area contributed by atoms with Gasteiger partial charge in [-0.15, -0.1) is 0 Å². The van der Waals surface area contributed by atoms with Crippen molar-refractivity contribution in [1.29, 1.82) is 0 Å². The maximum absolute atomic E-state index is 12.8. The first-order chi connectivity index (χ1) is 14.0. The van der Waals surface area contributed by atoms with Gasteiger partial charge in [0.05, 0.1) is 12.2 Å². The first-order valence-corrected chi connectivity index (χ1v) is 10.5. The van der Waals surface area contributed by atoms with Crippen molar-refractivity contribution in [3.8, 4) is 11.1 Å². The van der Waals surface area contributed by atoms with Crippen LogP contribution in [0.15, 0.2) is 83.3 Å². The Kier molecular flexibility index (Phi) is 5.65. The highest BCUT2D eigenvalue weighted by atomic mass is 79.9. The molecule has 1 aromatic heterocycles. The van der Waals surface area contributed by atoms with Crippen LogP contribution in [0.1, 0.15) is 29.0 Å². The molecule has 4 heteroatoms. The number of hydrogen-bond donors (Lipinski definition) is 1. The van der Waals surface area contributed by atoms with Gasteiger partial charge in [0, 0.05) is 21.4 Å². The number of aromatic amines is 1. The summed E-state index contributed by atoms with van der Waals surface area (Å²) < 4.78 is 1.01. The van der Waals surface area contributed by atoms with E-state index < -0.39 is 0 Å². The minimum absolute atomic E-state index is 0.0904. The molecule has 3 nitrogen and oxygen atoms in total. The number of ketones is 1. The Bertz CT molecular complexity index is 1130. The van der Waals surface area contributed by atoms with Gasteiger partial charge in [0.2, 0.25) is 0 Å². The van der Waals surface area contributed by atoms with Crippen LogP contribution in [0.25, 0.3) is 22.0 Å². The topological polar surface area (TPSA) is 36.1 Å². The Morgan fingerprint density at radius 2 is 1.66 bits per heavy atom. The van der Waals surface area contributed by atoms with Crippen molar-refractivity contribution in [1.82, 2.24) is 9.88 Å². The molecular weight excluding hydrogens is 424 g/mol. The molecule has 0 spiro atoms. The molecule has 3 aromatic carbocycles. The summed E-state index contributed by atoms with van der Waals surface area (Å²) in [5, 5.41) is 1.04. The zero-order valence-corrected chi connectivity index (χ0v) is 18.1. The number of Topliss-reactive ketones (excluding diaryl/α,β-unsaturated/α-hetero) is 1. The minimum Gasteiger partial charge on any atom is -0.352 e. The van der Waals surface area contributed by atoms with Gasteiger partial charge in [-0.05, 0) is 54.9 Å². The number of nitrogens with one attached hydrogen (secondary N) is 1. The number of likely N-dealkylation sites (N-methyl/N-ethyl adjacent to an activating group) is 1. The zero-order valence-electron chi connectivity index (χ0n) is 16.5. The summed E-state index contributed by atoms with van der Waals surface area (Å²) in [6.45, 7) is 2.49. The van der Waals surface area contributed by atoms with E-state index >= 15 is 0 Å². The summed E-state index contributed by atoms with van der Waals surface area (Å²) >= 11 is 3.48. The van der Waals surface area contributed by atoms with Gasteiger partial charge < -0.3 is 4.98 Å². The molecule has 1 N–H and O–H groups in total. The van der Waals surface area contributed by atoms with Gasteiger partial charge in [0.25, 0.3) is 0 Å². The number of aromatic nitrogens is 1. The second-order valence-corrected chi connectivity index (χ2v) is 8.33. The number of H-pyrrole nitrogens is 1. The summed E-state index contributed by atoms with van der Waals surface area (Å²) in [4.78, 5) is 18.1. The van der Waals surface area contributed by atoms with E-state index in [1.807, 2.05) is 49.5 Å². The number of nitrogens with zero attached hydrogens (tertiary/aromatic N) is 1. The summed E-state index contributed by atoms with van der Waals surface area (Å²) in [6.07, 6.45) is 0. The van der Waals surface area contributed by atoms with Gasteiger partial charge in [-0.1, -0.05) is 70.5 Å². The van der Waals surface area contributed by atoms with Crippen LogP contribution in [0.5, 0.6) is 0 Å². The standard InChI is InChI=1S/C25H23BrN2O/c1-17(18-8-10-20(11-9-18)19-6-4-3-5-7-19)28(2)16-25(29)24-15-21-14-22(26)12-13-23(21)27-24/h3-15,17,27H,16H2,1-2H3. The molecule has 1 atom stereocenters. The lowest BCUT2D eigenvalue weighted by Gasteiger charge is -2.24. The van der Waals surface area contributed by atoms with E-state index in [0.717, 1.165) is 15.4 Å². The van der Waals surface area contributed by atoms with Gasteiger partial charge in [-0.2, -0.15) is 0 Å². The second kappa shape index (κ2) is 8.36. The Morgan fingerprint density at radius 3 is 2.38 bits per heavy atom. The molecule has 4 aromatic rings. The van der Waals surface area contributed by atoms with Gasteiger partial charge >= 0.3 is 0 Å². The predicted octanol–water partition coefficient (Wildman–Crippen LogP) is 6.47. The molecule has 0 saturated carbocycles. The fourth-order valence-corrected chi connectivity index (χ4v) is 3.92. The highest BCUT2D eigenvalue weighted by Crippen LogP contribution is 2.25. The molecule has 29 heavy (non-hydrogen) atoms. The van der Waals surface area contributed by atoms with Crippen molar-refractivity contribution < 1.29 is 4.79 Å². The Hall–Kier alpha value is -2.69. The van der Waals surface area contributed by atoms with E-state index in [1.165, 1.54) is 16.7 Å². The number of carbonyl (C=O) groups is 1. The van der Waals surface area contributed by atoms with E-state index in [0.29, 0.717) is 12.2 Å². The van der Waals surface area contributed by atoms with Gasteiger partial charge in [-0.25, -0.2) is 0 Å². The largest absolute Gasteiger partial charge is 0.352 e. The van der Waals surface area contributed by atoms with Gasteiger partial charge in [0.1, 0.15) is 0 Å². The van der Waals surface area contributed by atoms with E-state index in [4.69, 9.17) is 0 Å². The van der Waals surface area contributed by atoms with Crippen molar-refractivity contribution in [2.75, 3.05) is 13.6 Å². The normalized spacial score (nSPS) is 12.4. The van der Waals surface area contributed by atoms with Crippen molar-refractivity contribution in [2.45, 2.75) is 13.0 Å². The van der Waals surface area contributed by atoms with Crippen LogP contribution in [-0.2, 0) is 0 Å². The van der Waals surface area contributed by atoms with Crippen LogP contribution in [0.3, 0.4) is 0 Å². The number of fused-ring (bicyclic) bond motifs is 1. The lowest BCUT2D eigenvalue weighted by atomic mass is 10.0. The molecular formula is C25H23BrN2O. The molecule has 0 aliphatic carbocycles. The molecule has 1 heterocycles. The fraction of sp³-hybridized carbons (Fsp3) is 0.160. The predicted molar refractivity (Wildman–Crippen MR) is 123 cm³/mol. The summed E-state index contributed by atoms with van der Waals surface area (Å²) in [7, 11) is 1.99. The molecule has 4 rings (SSSR count). The molecule has 0 fully saturated rings. The minimum atomic E-state index is 0.0904. The van der Waals surface area contributed by atoms with Crippen molar-refractivity contribution >= 4 is 32.6 Å². The number of carbonyl (C=O) groups excluding carboxylic acids is 1. The Balaban J connectivity index is 1.45. The lowest BCUT2D eigenvalue weighted by Crippen LogP contribution is -2.29. The van der Waals surface area contributed by atoms with Crippen molar-refractivity contribution in [2.24, 2.45) is 0 Å². The first-order valence-electron chi connectivity index (χ1n) is 9.68. The van der Waals surface area contributed by atoms with E-state index in [1.54, 1.807) is 0 Å².